The molecule has 2 N–H and O–H groups in total. The summed E-state index contributed by atoms with van der Waals surface area (Å²) in [4.78, 5) is 39.2. The number of pyridine rings is 1. The van der Waals surface area contributed by atoms with E-state index in [1.54, 1.807) is 31.0 Å². The Kier molecular flexibility index (Phi) is 7.86. The number of thioether (sulfide) groups is 1. The minimum Gasteiger partial charge on any atom is -0.497 e. The SMILES string of the molecule is COc1ccc(CN2C(=O)N[C@@H](CCC(=O)N[C@@H](CCSC)c3nnc4ccccn34)C2=O)cc1. The number of urea groups is 1. The molecule has 0 aliphatic carbocycles. The zero-order valence-corrected chi connectivity index (χ0v) is 20.5. The van der Waals surface area contributed by atoms with E-state index in [1.807, 2.05) is 47.2 Å². The van der Waals surface area contributed by atoms with Gasteiger partial charge in [0.15, 0.2) is 11.5 Å². The van der Waals surface area contributed by atoms with Crippen LogP contribution < -0.4 is 15.4 Å². The summed E-state index contributed by atoms with van der Waals surface area (Å²) in [6.07, 6.45) is 4.88. The highest BCUT2D eigenvalue weighted by molar-refractivity contribution is 7.98. The van der Waals surface area contributed by atoms with Crippen molar-refractivity contribution in [2.45, 2.75) is 37.9 Å². The van der Waals surface area contributed by atoms with Crippen LogP contribution in [0, 0.1) is 0 Å². The van der Waals surface area contributed by atoms with Gasteiger partial charge in [0.25, 0.3) is 5.91 Å². The average molecular weight is 497 g/mol. The fraction of sp³-hybridized carbons (Fsp3) is 0.375. The molecule has 1 aromatic carbocycles. The van der Waals surface area contributed by atoms with Gasteiger partial charge in [-0.2, -0.15) is 11.8 Å². The van der Waals surface area contributed by atoms with Crippen LogP contribution in [0.3, 0.4) is 0 Å². The van der Waals surface area contributed by atoms with Crippen molar-refractivity contribution in [3.63, 3.8) is 0 Å². The number of fused-ring (bicyclic) bond motifs is 1. The summed E-state index contributed by atoms with van der Waals surface area (Å²) in [5, 5.41) is 14.2. The second-order valence-corrected chi connectivity index (χ2v) is 9.19. The number of hydrogen-bond acceptors (Lipinski definition) is 7. The molecule has 0 bridgehead atoms. The number of methoxy groups -OCH3 is 1. The van der Waals surface area contributed by atoms with Gasteiger partial charge in [0.05, 0.1) is 19.7 Å². The van der Waals surface area contributed by atoms with Crippen LogP contribution >= 0.6 is 11.8 Å². The van der Waals surface area contributed by atoms with E-state index >= 15 is 0 Å². The number of nitrogens with zero attached hydrogens (tertiary/aromatic N) is 4. The maximum atomic E-state index is 12.8. The van der Waals surface area contributed by atoms with Crippen LogP contribution in [0.5, 0.6) is 5.75 Å². The Hall–Kier alpha value is -3.60. The number of aromatic nitrogens is 3. The molecule has 4 amide bonds. The van der Waals surface area contributed by atoms with E-state index in [9.17, 15) is 14.4 Å². The summed E-state index contributed by atoms with van der Waals surface area (Å²) in [5.41, 5.74) is 1.52. The Balaban J connectivity index is 1.35. The van der Waals surface area contributed by atoms with Crippen molar-refractivity contribution in [3.8, 4) is 5.75 Å². The highest BCUT2D eigenvalue weighted by atomic mass is 32.2. The molecular formula is C24H28N6O4S. The van der Waals surface area contributed by atoms with Crippen molar-refractivity contribution in [3.05, 3.63) is 60.0 Å². The van der Waals surface area contributed by atoms with Gasteiger partial charge in [0.1, 0.15) is 11.8 Å². The quantitative estimate of drug-likeness (QED) is 0.392. The molecular weight excluding hydrogens is 468 g/mol. The maximum Gasteiger partial charge on any atom is 0.325 e. The van der Waals surface area contributed by atoms with Gasteiger partial charge in [-0.3, -0.25) is 18.9 Å². The van der Waals surface area contributed by atoms with Crippen molar-refractivity contribution in [1.82, 2.24) is 30.1 Å². The average Bonchev–Trinajstić information content (AvgIpc) is 3.42. The monoisotopic (exact) mass is 496 g/mol. The fourth-order valence-corrected chi connectivity index (χ4v) is 4.45. The van der Waals surface area contributed by atoms with Gasteiger partial charge in [-0.05, 0) is 54.7 Å². The highest BCUT2D eigenvalue weighted by Crippen LogP contribution is 2.20. The van der Waals surface area contributed by atoms with Gasteiger partial charge < -0.3 is 15.4 Å². The van der Waals surface area contributed by atoms with Crippen LogP contribution in [0.2, 0.25) is 0 Å². The molecule has 0 saturated carbocycles. The van der Waals surface area contributed by atoms with Crippen molar-refractivity contribution in [2.75, 3.05) is 19.1 Å². The molecule has 0 spiro atoms. The lowest BCUT2D eigenvalue weighted by Crippen LogP contribution is -2.34. The van der Waals surface area contributed by atoms with E-state index in [-0.39, 0.29) is 37.2 Å². The first-order valence-corrected chi connectivity index (χ1v) is 12.7. The fourth-order valence-electron chi connectivity index (χ4n) is 3.98. The summed E-state index contributed by atoms with van der Waals surface area (Å²) in [5.74, 6) is 1.66. The van der Waals surface area contributed by atoms with Gasteiger partial charge in [0, 0.05) is 12.6 Å². The topological polar surface area (TPSA) is 118 Å². The number of benzene rings is 1. The van der Waals surface area contributed by atoms with E-state index < -0.39 is 12.1 Å². The van der Waals surface area contributed by atoms with E-state index in [0.29, 0.717) is 23.6 Å². The molecule has 0 unspecified atom stereocenters. The minimum absolute atomic E-state index is 0.0968. The molecule has 1 fully saturated rings. The van der Waals surface area contributed by atoms with Crippen LogP contribution in [0.15, 0.2) is 48.7 Å². The Morgan fingerprint density at radius 2 is 2.00 bits per heavy atom. The zero-order chi connectivity index (χ0) is 24.8. The van der Waals surface area contributed by atoms with E-state index in [4.69, 9.17) is 4.74 Å². The number of hydrogen-bond donors (Lipinski definition) is 2. The Bertz CT molecular complexity index is 1200. The van der Waals surface area contributed by atoms with Crippen molar-refractivity contribution < 1.29 is 19.1 Å². The standard InChI is InChI=1S/C24H28N6O4S/c1-34-17-8-6-16(7-9-17)15-30-23(32)19(26-24(30)33)10-11-21(31)25-18(12-14-35-2)22-28-27-20-5-3-4-13-29(20)22/h3-9,13,18-19H,10-12,14-15H2,1-2H3,(H,25,31)(H,26,33)/t18-,19-/m0/s1. The summed E-state index contributed by atoms with van der Waals surface area (Å²) < 4.78 is 7.00. The summed E-state index contributed by atoms with van der Waals surface area (Å²) >= 11 is 1.68. The van der Waals surface area contributed by atoms with Crippen LogP contribution in [0.25, 0.3) is 5.65 Å². The van der Waals surface area contributed by atoms with Gasteiger partial charge >= 0.3 is 6.03 Å². The molecule has 1 saturated heterocycles. The van der Waals surface area contributed by atoms with Gasteiger partial charge in [-0.15, -0.1) is 10.2 Å². The van der Waals surface area contributed by atoms with Crippen molar-refractivity contribution >= 4 is 35.3 Å². The normalized spacial score (nSPS) is 16.4. The molecule has 35 heavy (non-hydrogen) atoms. The molecule has 11 heteroatoms. The minimum atomic E-state index is -0.731. The molecule has 2 aromatic heterocycles. The number of imide groups is 1. The Morgan fingerprint density at radius 3 is 2.74 bits per heavy atom. The van der Waals surface area contributed by atoms with Crippen LogP contribution in [0.1, 0.15) is 36.7 Å². The maximum absolute atomic E-state index is 12.8. The first-order chi connectivity index (χ1) is 17.0. The number of nitrogens with one attached hydrogen (secondary N) is 2. The molecule has 3 heterocycles. The van der Waals surface area contributed by atoms with Gasteiger partial charge in [0.2, 0.25) is 5.91 Å². The van der Waals surface area contributed by atoms with Gasteiger partial charge in [-0.1, -0.05) is 18.2 Å². The predicted octanol–water partition coefficient (Wildman–Crippen LogP) is 2.55. The Morgan fingerprint density at radius 1 is 1.20 bits per heavy atom. The first kappa shape index (κ1) is 24.5. The van der Waals surface area contributed by atoms with Crippen LogP contribution in [-0.2, 0) is 16.1 Å². The number of rotatable bonds is 11. The van der Waals surface area contributed by atoms with Crippen molar-refractivity contribution in [1.29, 1.82) is 0 Å². The molecule has 2 atom stereocenters. The lowest BCUT2D eigenvalue weighted by molar-refractivity contribution is -0.128. The van der Waals surface area contributed by atoms with Crippen molar-refractivity contribution in [2.24, 2.45) is 0 Å². The molecule has 1 aliphatic heterocycles. The number of carbonyl (C=O) groups is 3. The molecule has 4 rings (SSSR count). The molecule has 0 radical (unpaired) electrons. The zero-order valence-electron chi connectivity index (χ0n) is 19.6. The third-order valence-electron chi connectivity index (χ3n) is 5.86. The van der Waals surface area contributed by atoms with E-state index in [1.165, 1.54) is 4.90 Å². The summed E-state index contributed by atoms with van der Waals surface area (Å²) in [7, 11) is 1.58. The second-order valence-electron chi connectivity index (χ2n) is 8.20. The first-order valence-electron chi connectivity index (χ1n) is 11.3. The van der Waals surface area contributed by atoms with Crippen LogP contribution in [-0.4, -0.2) is 62.5 Å². The lowest BCUT2D eigenvalue weighted by Gasteiger charge is -2.17. The molecule has 1 aliphatic rings. The smallest absolute Gasteiger partial charge is 0.325 e. The predicted molar refractivity (Wildman–Crippen MR) is 132 cm³/mol. The van der Waals surface area contributed by atoms with Crippen LogP contribution in [0.4, 0.5) is 4.79 Å². The Labute approximate surface area is 207 Å². The number of amides is 4. The summed E-state index contributed by atoms with van der Waals surface area (Å²) in [6, 6.07) is 11.3. The third-order valence-corrected chi connectivity index (χ3v) is 6.51. The molecule has 10 nitrogen and oxygen atoms in total. The van der Waals surface area contributed by atoms with Gasteiger partial charge in [-0.25, -0.2) is 4.79 Å². The number of carbonyl (C=O) groups excluding carboxylic acids is 3. The van der Waals surface area contributed by atoms with E-state index in [0.717, 1.165) is 11.3 Å². The third kappa shape index (κ3) is 5.73. The van der Waals surface area contributed by atoms with E-state index in [2.05, 4.69) is 20.8 Å². The lowest BCUT2D eigenvalue weighted by atomic mass is 10.1. The number of ether oxygens (including phenoxy) is 1. The largest absolute Gasteiger partial charge is 0.497 e. The molecule has 3 aromatic rings. The summed E-state index contributed by atoms with van der Waals surface area (Å²) in [6.45, 7) is 0.161. The molecule has 184 valence electrons. The second kappa shape index (κ2) is 11.2. The highest BCUT2D eigenvalue weighted by Gasteiger charge is 2.38.